The van der Waals surface area contributed by atoms with Gasteiger partial charge < -0.3 is 10.4 Å². The van der Waals surface area contributed by atoms with Gasteiger partial charge in [-0.05, 0) is 158 Å². The molecule has 0 radical (unpaired) electrons. The first-order chi connectivity index (χ1) is 29.4. The van der Waals surface area contributed by atoms with E-state index in [2.05, 4.69) is 124 Å². The molecule has 5 fully saturated rings. The van der Waals surface area contributed by atoms with Crippen LogP contribution in [0.5, 0.6) is 0 Å². The van der Waals surface area contributed by atoms with Crippen molar-refractivity contribution in [1.29, 1.82) is 0 Å². The Balaban J connectivity index is 0.000000832. The fourth-order valence-electron chi connectivity index (χ4n) is 13.6. The summed E-state index contributed by atoms with van der Waals surface area (Å²) >= 11 is 1.92. The van der Waals surface area contributed by atoms with Crippen LogP contribution in [0.2, 0.25) is 0 Å². The molecule has 1 heterocycles. The van der Waals surface area contributed by atoms with Crippen molar-refractivity contribution in [2.75, 3.05) is 39.3 Å². The minimum atomic E-state index is -0.847. The van der Waals surface area contributed by atoms with Gasteiger partial charge in [-0.3, -0.25) is 4.90 Å². The molecule has 2 N–H and O–H groups in total. The van der Waals surface area contributed by atoms with Crippen LogP contribution >= 0.6 is 11.9 Å². The van der Waals surface area contributed by atoms with Crippen molar-refractivity contribution in [3.63, 3.8) is 0 Å². The lowest BCUT2D eigenvalue weighted by molar-refractivity contribution is -0.172. The van der Waals surface area contributed by atoms with E-state index in [1.165, 1.54) is 93.5 Å². The summed E-state index contributed by atoms with van der Waals surface area (Å²) in [6.45, 7) is 26.6. The van der Waals surface area contributed by atoms with Gasteiger partial charge in [-0.15, -0.1) is 45.1 Å². The van der Waals surface area contributed by atoms with E-state index < -0.39 is 5.97 Å². The smallest absolute Gasteiger partial charge is 0.335 e. The van der Waals surface area contributed by atoms with E-state index in [1.807, 2.05) is 44.9 Å². The summed E-state index contributed by atoms with van der Waals surface area (Å²) in [6.07, 6.45) is 42.0. The molecule has 2 aromatic carbocycles. The third-order valence-corrected chi connectivity index (χ3v) is 16.9. The molecule has 8 atom stereocenters. The molecule has 8 rings (SSSR count). The maximum Gasteiger partial charge on any atom is 0.335 e. The van der Waals surface area contributed by atoms with Gasteiger partial charge in [-0.1, -0.05) is 90.4 Å². The SMILES string of the molecule is C#C.C#C.C#C.C=CC.CC.CC1(C)C(c2ccc(C(=O)O)cc2)=CC[C@@]2(C)C1CC[C@@]1(C)C3CC[C@@]4(NCCN5CCN(Sc6ccccc6)CC5)CCCC4[C@H]3CCC12. The fraction of sp³-hybridized carbons (Fsp3) is 0.582. The second-order valence-corrected chi connectivity index (χ2v) is 19.8. The minimum absolute atomic E-state index is 0.0698. The van der Waals surface area contributed by atoms with Crippen molar-refractivity contribution in [2.24, 2.45) is 45.8 Å². The van der Waals surface area contributed by atoms with Crippen LogP contribution in [0.1, 0.15) is 129 Å². The minimum Gasteiger partial charge on any atom is -0.478 e. The van der Waals surface area contributed by atoms with Crippen molar-refractivity contribution < 1.29 is 9.90 Å². The van der Waals surface area contributed by atoms with Crippen molar-refractivity contribution in [2.45, 2.75) is 123 Å². The third-order valence-electron chi connectivity index (χ3n) is 15.7. The molecule has 5 aliphatic carbocycles. The van der Waals surface area contributed by atoms with Gasteiger partial charge in [-0.25, -0.2) is 9.10 Å². The Morgan fingerprint density at radius 3 is 2.03 bits per heavy atom. The average Bonchev–Trinajstić information content (AvgIpc) is 3.72. The summed E-state index contributed by atoms with van der Waals surface area (Å²) in [5, 5.41) is 13.8. The zero-order valence-electron chi connectivity index (χ0n) is 38.9. The number of benzene rings is 2. The predicted octanol–water partition coefficient (Wildman–Crippen LogP) is 12.5. The van der Waals surface area contributed by atoms with Gasteiger partial charge in [0.15, 0.2) is 0 Å². The molecule has 0 aromatic heterocycles. The molecule has 2 aromatic rings. The topological polar surface area (TPSA) is 55.8 Å². The number of nitrogens with one attached hydrogen (secondary N) is 1. The second-order valence-electron chi connectivity index (χ2n) is 18.6. The number of carboxylic acids is 1. The first-order valence-electron chi connectivity index (χ1n) is 23.0. The maximum atomic E-state index is 11.5. The maximum absolute atomic E-state index is 11.5. The van der Waals surface area contributed by atoms with Crippen LogP contribution in [0, 0.1) is 84.4 Å². The quantitative estimate of drug-likeness (QED) is 0.157. The van der Waals surface area contributed by atoms with Gasteiger partial charge in [0.25, 0.3) is 0 Å². The van der Waals surface area contributed by atoms with Crippen LogP contribution in [-0.4, -0.2) is 65.1 Å². The molecule has 0 bridgehead atoms. The highest BCUT2D eigenvalue weighted by molar-refractivity contribution is 7.97. The highest BCUT2D eigenvalue weighted by Crippen LogP contribution is 2.72. The molecule has 4 saturated carbocycles. The molecule has 4 unspecified atom stereocenters. The van der Waals surface area contributed by atoms with Crippen LogP contribution in [0.3, 0.4) is 0 Å². The summed E-state index contributed by atoms with van der Waals surface area (Å²) in [6, 6.07) is 18.5. The first-order valence-corrected chi connectivity index (χ1v) is 23.8. The Labute approximate surface area is 377 Å². The number of aromatic carboxylic acids is 1. The third kappa shape index (κ3) is 10.9. The molecule has 1 saturated heterocycles. The van der Waals surface area contributed by atoms with E-state index in [4.69, 9.17) is 0 Å². The normalized spacial score (nSPS) is 31.8. The number of piperazine rings is 1. The number of carbonyl (C=O) groups is 1. The molecule has 1 aliphatic heterocycles. The number of terminal acetylenes is 3. The van der Waals surface area contributed by atoms with Crippen LogP contribution < -0.4 is 5.32 Å². The zero-order chi connectivity index (χ0) is 45.4. The van der Waals surface area contributed by atoms with Gasteiger partial charge in [-0.2, -0.15) is 0 Å². The number of allylic oxidation sites excluding steroid dienone is 3. The Hall–Kier alpha value is -3.70. The van der Waals surface area contributed by atoms with Crippen molar-refractivity contribution >= 4 is 23.5 Å². The van der Waals surface area contributed by atoms with E-state index in [1.54, 1.807) is 18.2 Å². The molecule has 332 valence electrons. The molecule has 5 nitrogen and oxygen atoms in total. The lowest BCUT2D eigenvalue weighted by atomic mass is 9.37. The first kappa shape index (κ1) is 51.6. The van der Waals surface area contributed by atoms with Gasteiger partial charge in [0.2, 0.25) is 0 Å². The van der Waals surface area contributed by atoms with E-state index in [0.29, 0.717) is 27.9 Å². The van der Waals surface area contributed by atoms with Gasteiger partial charge in [0.1, 0.15) is 0 Å². The van der Waals surface area contributed by atoms with Gasteiger partial charge >= 0.3 is 5.97 Å². The number of rotatable bonds is 8. The summed E-state index contributed by atoms with van der Waals surface area (Å²) in [7, 11) is 0. The lowest BCUT2D eigenvalue weighted by Gasteiger charge is -2.68. The zero-order valence-corrected chi connectivity index (χ0v) is 39.7. The van der Waals surface area contributed by atoms with Crippen LogP contribution in [0.25, 0.3) is 5.57 Å². The van der Waals surface area contributed by atoms with E-state index >= 15 is 0 Å². The fourth-order valence-corrected chi connectivity index (χ4v) is 14.5. The molecule has 6 aliphatic rings. The van der Waals surface area contributed by atoms with Crippen molar-refractivity contribution in [1.82, 2.24) is 14.5 Å². The number of fused-ring (bicyclic) bond motifs is 7. The second kappa shape index (κ2) is 23.7. The molecule has 0 spiro atoms. The lowest BCUT2D eigenvalue weighted by Crippen LogP contribution is -2.63. The Morgan fingerprint density at radius 2 is 1.43 bits per heavy atom. The molecular weight excluding hydrogens is 767 g/mol. The Morgan fingerprint density at radius 1 is 0.803 bits per heavy atom. The summed E-state index contributed by atoms with van der Waals surface area (Å²) in [5.74, 6) is 3.19. The number of carboxylic acid groups (broad SMARTS) is 1. The predicted molar refractivity (Wildman–Crippen MR) is 263 cm³/mol. The molecule has 6 heteroatoms. The average molecular weight is 846 g/mol. The van der Waals surface area contributed by atoms with Gasteiger partial charge in [0, 0.05) is 49.7 Å². The molecule has 61 heavy (non-hydrogen) atoms. The monoisotopic (exact) mass is 846 g/mol. The van der Waals surface area contributed by atoms with Crippen LogP contribution in [0.4, 0.5) is 0 Å². The summed E-state index contributed by atoms with van der Waals surface area (Å²) < 4.78 is 2.54. The van der Waals surface area contributed by atoms with E-state index in [9.17, 15) is 9.90 Å². The van der Waals surface area contributed by atoms with Crippen molar-refractivity contribution in [3.05, 3.63) is 84.5 Å². The van der Waals surface area contributed by atoms with Crippen LogP contribution in [0.15, 0.2) is 78.2 Å². The molecule has 0 amide bonds. The Bertz CT molecular complexity index is 1740. The Kier molecular flexibility index (Phi) is 20.0. The number of nitrogens with zero attached hydrogens (tertiary/aromatic N) is 2. The molecular formula is C55H79N3O2S. The van der Waals surface area contributed by atoms with Crippen LogP contribution in [-0.2, 0) is 0 Å². The summed E-state index contributed by atoms with van der Waals surface area (Å²) in [4.78, 5) is 15.6. The number of hydrogen-bond donors (Lipinski definition) is 2. The number of hydrogen-bond acceptors (Lipinski definition) is 5. The largest absolute Gasteiger partial charge is 0.478 e. The highest BCUT2D eigenvalue weighted by atomic mass is 32.2. The standard InChI is InChI=1S/C44H61N3O2S.C3H6.C2H6.3C2H2/c1-41(2)35(31-12-14-32(15-13-31)40(48)49)18-22-43(4)38(41)20-23-42(3)36-19-24-44(21-8-11-37(44)34(36)16-17-39(42)43)45-25-26-46-27-29-47(30-28-46)50-33-9-6-5-7-10-33;1-3-2;4*1-2/h5-7,9-10,12-15,18,34,36-39,45H,8,11,16-17,19-30H2,1-4H3,(H,48,49);3H,1H2,2H3;1-2H3;3*1-2H/t34-,36?,37?,38?,39?,42-,43-,44-;;;;;/m0...../s1. The van der Waals surface area contributed by atoms with Crippen molar-refractivity contribution in [3.8, 4) is 38.5 Å². The summed E-state index contributed by atoms with van der Waals surface area (Å²) in [5.41, 5.74) is 4.21. The van der Waals surface area contributed by atoms with E-state index in [0.717, 1.165) is 49.7 Å². The van der Waals surface area contributed by atoms with Gasteiger partial charge in [0.05, 0.1) is 5.56 Å². The van der Waals surface area contributed by atoms with E-state index in [-0.39, 0.29) is 5.41 Å². The highest BCUT2D eigenvalue weighted by Gasteiger charge is 2.65.